The predicted molar refractivity (Wildman–Crippen MR) is 73.5 cm³/mol. The van der Waals surface area contributed by atoms with Crippen LogP contribution in [0.4, 0.5) is 5.69 Å². The Kier molecular flexibility index (Phi) is 3.91. The Balaban J connectivity index is 2.41. The van der Waals surface area contributed by atoms with Crippen molar-refractivity contribution in [3.05, 3.63) is 53.3 Å². The number of rotatable bonds is 4. The lowest BCUT2D eigenvalue weighted by atomic mass is 10.2. The average molecular weight is 313 g/mol. The van der Waals surface area contributed by atoms with E-state index < -0.39 is 16.0 Å². The Hall–Kier alpha value is -2.12. The highest BCUT2D eigenvalue weighted by atomic mass is 35.5. The summed E-state index contributed by atoms with van der Waals surface area (Å²) in [4.78, 5) is 14.6. The molecule has 2 N–H and O–H groups in total. The van der Waals surface area contributed by atoms with Crippen molar-refractivity contribution in [2.75, 3.05) is 4.72 Å². The van der Waals surface area contributed by atoms with Gasteiger partial charge in [0, 0.05) is 12.4 Å². The van der Waals surface area contributed by atoms with Crippen LogP contribution in [0.2, 0.25) is 5.02 Å². The normalized spacial score (nSPS) is 11.1. The van der Waals surface area contributed by atoms with Crippen molar-refractivity contribution in [1.82, 2.24) is 4.98 Å². The summed E-state index contributed by atoms with van der Waals surface area (Å²) < 4.78 is 26.5. The van der Waals surface area contributed by atoms with E-state index >= 15 is 0 Å². The fraction of sp³-hybridized carbons (Fsp3) is 0. The molecule has 20 heavy (non-hydrogen) atoms. The smallest absolute Gasteiger partial charge is 0.337 e. The van der Waals surface area contributed by atoms with Crippen LogP contribution in [-0.2, 0) is 10.0 Å². The number of carbonyl (C=O) groups is 1. The fourth-order valence-electron chi connectivity index (χ4n) is 1.50. The van der Waals surface area contributed by atoms with Crippen LogP contribution in [0.25, 0.3) is 0 Å². The molecule has 0 amide bonds. The zero-order valence-corrected chi connectivity index (χ0v) is 11.5. The molecule has 0 aliphatic rings. The van der Waals surface area contributed by atoms with E-state index in [1.807, 2.05) is 0 Å². The minimum absolute atomic E-state index is 0.0278. The van der Waals surface area contributed by atoms with Gasteiger partial charge < -0.3 is 5.11 Å². The molecule has 0 bridgehead atoms. The summed E-state index contributed by atoms with van der Waals surface area (Å²) in [6.45, 7) is 0. The molecular weight excluding hydrogens is 304 g/mol. The number of halogens is 1. The van der Waals surface area contributed by atoms with Crippen molar-refractivity contribution >= 4 is 33.3 Å². The molecular formula is C12H9ClN2O4S. The van der Waals surface area contributed by atoms with Gasteiger partial charge in [-0.3, -0.25) is 9.71 Å². The zero-order valence-electron chi connectivity index (χ0n) is 9.95. The molecule has 2 rings (SSSR count). The van der Waals surface area contributed by atoms with Gasteiger partial charge in [-0.1, -0.05) is 23.7 Å². The van der Waals surface area contributed by atoms with E-state index in [9.17, 15) is 13.2 Å². The number of aromatic carboxylic acids is 1. The Bertz CT molecular complexity index is 762. The van der Waals surface area contributed by atoms with Crippen molar-refractivity contribution in [2.45, 2.75) is 4.90 Å². The standard InChI is InChI=1S/C12H9ClN2O4S/c13-8-5-9(7-14-6-8)20(18,19)15-11-4-2-1-3-10(11)12(16)17/h1-7,15H,(H,16,17). The third-order valence-corrected chi connectivity index (χ3v) is 3.93. The molecule has 1 heterocycles. The minimum atomic E-state index is -3.95. The molecule has 0 radical (unpaired) electrons. The van der Waals surface area contributed by atoms with Crippen LogP contribution >= 0.6 is 11.6 Å². The van der Waals surface area contributed by atoms with Crippen LogP contribution in [0.3, 0.4) is 0 Å². The maximum atomic E-state index is 12.1. The molecule has 104 valence electrons. The van der Waals surface area contributed by atoms with Gasteiger partial charge in [0.15, 0.2) is 0 Å². The number of benzene rings is 1. The van der Waals surface area contributed by atoms with Crippen molar-refractivity contribution < 1.29 is 18.3 Å². The van der Waals surface area contributed by atoms with Crippen LogP contribution in [0, 0.1) is 0 Å². The van der Waals surface area contributed by atoms with Gasteiger partial charge in [-0.15, -0.1) is 0 Å². The number of carboxylic acid groups (broad SMARTS) is 1. The van der Waals surface area contributed by atoms with Crippen LogP contribution < -0.4 is 4.72 Å². The molecule has 8 heteroatoms. The zero-order chi connectivity index (χ0) is 14.8. The van der Waals surface area contributed by atoms with Gasteiger partial charge in [-0.25, -0.2) is 13.2 Å². The second-order valence-electron chi connectivity index (χ2n) is 3.80. The van der Waals surface area contributed by atoms with Gasteiger partial charge in [0.05, 0.1) is 16.3 Å². The van der Waals surface area contributed by atoms with E-state index in [1.54, 1.807) is 0 Å². The number of aromatic nitrogens is 1. The maximum Gasteiger partial charge on any atom is 0.337 e. The minimum Gasteiger partial charge on any atom is -0.478 e. The number of nitrogens with one attached hydrogen (secondary N) is 1. The quantitative estimate of drug-likeness (QED) is 0.902. The number of nitrogens with zero attached hydrogens (tertiary/aromatic N) is 1. The first-order chi connectivity index (χ1) is 9.40. The van der Waals surface area contributed by atoms with Gasteiger partial charge in [-0.05, 0) is 18.2 Å². The van der Waals surface area contributed by atoms with Crippen molar-refractivity contribution in [2.24, 2.45) is 0 Å². The third kappa shape index (κ3) is 3.06. The van der Waals surface area contributed by atoms with Gasteiger partial charge in [0.2, 0.25) is 0 Å². The van der Waals surface area contributed by atoms with E-state index in [0.717, 1.165) is 6.20 Å². The molecule has 0 unspecified atom stereocenters. The Labute approximate surface area is 120 Å². The first kappa shape index (κ1) is 14.3. The van der Waals surface area contributed by atoms with Crippen molar-refractivity contribution in [1.29, 1.82) is 0 Å². The molecule has 6 nitrogen and oxygen atoms in total. The first-order valence-corrected chi connectivity index (χ1v) is 7.22. The number of carboxylic acids is 1. The molecule has 0 atom stereocenters. The van der Waals surface area contributed by atoms with E-state index in [2.05, 4.69) is 9.71 Å². The van der Waals surface area contributed by atoms with Crippen LogP contribution in [-0.4, -0.2) is 24.5 Å². The summed E-state index contributed by atoms with van der Waals surface area (Å²) in [6, 6.07) is 6.92. The molecule has 0 saturated carbocycles. The summed E-state index contributed by atoms with van der Waals surface area (Å²) in [6.07, 6.45) is 2.42. The number of sulfonamides is 1. The summed E-state index contributed by atoms with van der Waals surface area (Å²) in [5.74, 6) is -1.23. The second-order valence-corrected chi connectivity index (χ2v) is 5.91. The number of pyridine rings is 1. The molecule has 0 aliphatic carbocycles. The highest BCUT2D eigenvalue weighted by molar-refractivity contribution is 7.92. The largest absolute Gasteiger partial charge is 0.478 e. The number of para-hydroxylation sites is 1. The lowest BCUT2D eigenvalue weighted by Gasteiger charge is -2.10. The summed E-state index contributed by atoms with van der Waals surface area (Å²) in [7, 11) is -3.95. The lowest BCUT2D eigenvalue weighted by molar-refractivity contribution is 0.0698. The highest BCUT2D eigenvalue weighted by Crippen LogP contribution is 2.21. The molecule has 0 fully saturated rings. The van der Waals surface area contributed by atoms with E-state index in [0.29, 0.717) is 0 Å². The van der Waals surface area contributed by atoms with Crippen LogP contribution in [0.15, 0.2) is 47.6 Å². The lowest BCUT2D eigenvalue weighted by Crippen LogP contribution is -2.15. The van der Waals surface area contributed by atoms with Gasteiger partial charge >= 0.3 is 5.97 Å². The Morgan fingerprint density at radius 3 is 2.60 bits per heavy atom. The third-order valence-electron chi connectivity index (χ3n) is 2.39. The molecule has 2 aromatic rings. The van der Waals surface area contributed by atoms with Crippen molar-refractivity contribution in [3.63, 3.8) is 0 Å². The molecule has 0 aliphatic heterocycles. The average Bonchev–Trinajstić information content (AvgIpc) is 2.38. The Morgan fingerprint density at radius 2 is 1.95 bits per heavy atom. The summed E-state index contributed by atoms with van der Waals surface area (Å²) in [5, 5.41) is 9.18. The fourth-order valence-corrected chi connectivity index (χ4v) is 2.81. The first-order valence-electron chi connectivity index (χ1n) is 5.36. The van der Waals surface area contributed by atoms with E-state index in [-0.39, 0.29) is 21.2 Å². The SMILES string of the molecule is O=C(O)c1ccccc1NS(=O)(=O)c1cncc(Cl)c1. The van der Waals surface area contributed by atoms with Crippen molar-refractivity contribution in [3.8, 4) is 0 Å². The maximum absolute atomic E-state index is 12.1. The summed E-state index contributed by atoms with van der Waals surface area (Å²) in [5.41, 5.74) is -0.175. The van der Waals surface area contributed by atoms with Gasteiger partial charge in [0.1, 0.15) is 4.90 Å². The Morgan fingerprint density at radius 1 is 1.25 bits per heavy atom. The summed E-state index contributed by atoms with van der Waals surface area (Å²) >= 11 is 5.69. The molecule has 0 spiro atoms. The van der Waals surface area contributed by atoms with E-state index in [1.165, 1.54) is 36.5 Å². The number of hydrogen-bond donors (Lipinski definition) is 2. The molecule has 0 saturated heterocycles. The van der Waals surface area contributed by atoms with Gasteiger partial charge in [-0.2, -0.15) is 0 Å². The highest BCUT2D eigenvalue weighted by Gasteiger charge is 2.18. The van der Waals surface area contributed by atoms with Gasteiger partial charge in [0.25, 0.3) is 10.0 Å². The van der Waals surface area contributed by atoms with E-state index in [4.69, 9.17) is 16.7 Å². The molecule has 1 aromatic carbocycles. The van der Waals surface area contributed by atoms with Crippen LogP contribution in [0.1, 0.15) is 10.4 Å². The van der Waals surface area contributed by atoms with Crippen LogP contribution in [0.5, 0.6) is 0 Å². The topological polar surface area (TPSA) is 96.4 Å². The monoisotopic (exact) mass is 312 g/mol. The number of anilines is 1. The molecule has 1 aromatic heterocycles. The number of hydrogen-bond acceptors (Lipinski definition) is 4. The predicted octanol–water partition coefficient (Wildman–Crippen LogP) is 2.23. The second kappa shape index (κ2) is 5.48.